The van der Waals surface area contributed by atoms with Gasteiger partial charge in [0, 0.05) is 5.69 Å². The summed E-state index contributed by atoms with van der Waals surface area (Å²) < 4.78 is 32.5. The standard InChI is InChI=1S/C30H31F2NO7/c31-19-7-5-16(6-8-19)23(35)14-13-22-25(33(30(22)39)21-11-9-20(32)10-12-21)17-1-3-18(4-2-17)29-28(38)27(37)26(36)24(15-34)40-29/h1-12,22-29,34-38H,13-15H2. The Kier molecular flexibility index (Phi) is 8.27. The van der Waals surface area contributed by atoms with E-state index in [1.54, 1.807) is 29.2 Å². The zero-order valence-electron chi connectivity index (χ0n) is 21.4. The van der Waals surface area contributed by atoms with Gasteiger partial charge in [-0.3, -0.25) is 4.79 Å². The molecule has 2 saturated heterocycles. The number of rotatable bonds is 8. The maximum absolute atomic E-state index is 13.6. The lowest BCUT2D eigenvalue weighted by molar-refractivity contribution is -0.231. The van der Waals surface area contributed by atoms with Gasteiger partial charge in [-0.15, -0.1) is 0 Å². The summed E-state index contributed by atoms with van der Waals surface area (Å²) in [7, 11) is 0. The molecule has 3 aromatic rings. The summed E-state index contributed by atoms with van der Waals surface area (Å²) in [5, 5.41) is 50.9. The molecule has 2 aliphatic rings. The predicted molar refractivity (Wildman–Crippen MR) is 140 cm³/mol. The second-order valence-electron chi connectivity index (χ2n) is 10.3. The topological polar surface area (TPSA) is 131 Å². The fourth-order valence-corrected chi connectivity index (χ4v) is 5.55. The summed E-state index contributed by atoms with van der Waals surface area (Å²) in [4.78, 5) is 14.9. The van der Waals surface area contributed by atoms with Crippen LogP contribution in [0.5, 0.6) is 0 Å². The average Bonchev–Trinajstić information content (AvgIpc) is 2.96. The Balaban J connectivity index is 1.38. The van der Waals surface area contributed by atoms with Crippen LogP contribution in [0.25, 0.3) is 0 Å². The van der Waals surface area contributed by atoms with Gasteiger partial charge in [0.25, 0.3) is 0 Å². The Hall–Kier alpha value is -3.25. The van der Waals surface area contributed by atoms with E-state index >= 15 is 0 Å². The lowest BCUT2D eigenvalue weighted by atomic mass is 9.78. The van der Waals surface area contributed by atoms with Crippen molar-refractivity contribution in [3.05, 3.63) is 101 Å². The molecule has 0 aromatic heterocycles. The summed E-state index contributed by atoms with van der Waals surface area (Å²) in [6.07, 6.45) is -6.72. The van der Waals surface area contributed by atoms with Crippen molar-refractivity contribution in [3.63, 3.8) is 0 Å². The lowest BCUT2D eigenvalue weighted by Crippen LogP contribution is -2.55. The van der Waals surface area contributed by atoms with Gasteiger partial charge in [0.2, 0.25) is 5.91 Å². The number of anilines is 1. The second kappa shape index (κ2) is 11.7. The molecule has 2 aliphatic heterocycles. The molecule has 0 bridgehead atoms. The molecule has 0 saturated carbocycles. The van der Waals surface area contributed by atoms with E-state index in [0.717, 1.165) is 5.56 Å². The van der Waals surface area contributed by atoms with Crippen LogP contribution >= 0.6 is 0 Å². The summed E-state index contributed by atoms with van der Waals surface area (Å²) in [6.45, 7) is -0.540. The zero-order chi connectivity index (χ0) is 28.6. The van der Waals surface area contributed by atoms with Gasteiger partial charge in [-0.2, -0.15) is 0 Å². The van der Waals surface area contributed by atoms with Crippen LogP contribution in [0.1, 0.15) is 47.8 Å². The molecular weight excluding hydrogens is 524 g/mol. The molecule has 5 N–H and O–H groups in total. The molecule has 3 aromatic carbocycles. The monoisotopic (exact) mass is 555 g/mol. The molecule has 0 aliphatic carbocycles. The number of hydrogen-bond acceptors (Lipinski definition) is 7. The summed E-state index contributed by atoms with van der Waals surface area (Å²) >= 11 is 0. The number of β-lactam (4-membered cyclic amide) rings is 1. The average molecular weight is 556 g/mol. The van der Waals surface area contributed by atoms with E-state index in [1.165, 1.54) is 48.5 Å². The van der Waals surface area contributed by atoms with Crippen molar-refractivity contribution in [1.29, 1.82) is 0 Å². The number of halogens is 2. The quantitative estimate of drug-likeness (QED) is 0.270. The number of carbonyl (C=O) groups excluding carboxylic acids is 1. The van der Waals surface area contributed by atoms with Gasteiger partial charge in [-0.1, -0.05) is 36.4 Å². The maximum atomic E-state index is 13.6. The molecule has 8 unspecified atom stereocenters. The highest BCUT2D eigenvalue weighted by molar-refractivity contribution is 6.03. The number of aliphatic hydroxyl groups is 5. The minimum atomic E-state index is -1.51. The molecule has 2 fully saturated rings. The third-order valence-corrected chi connectivity index (χ3v) is 7.82. The molecular formula is C30H31F2NO7. The Morgan fingerprint density at radius 1 is 0.800 bits per heavy atom. The van der Waals surface area contributed by atoms with Crippen molar-refractivity contribution >= 4 is 11.6 Å². The summed E-state index contributed by atoms with van der Waals surface area (Å²) in [5.41, 5.74) is 2.31. The Bertz CT molecular complexity index is 1300. The molecule has 8 atom stereocenters. The van der Waals surface area contributed by atoms with Gasteiger partial charge in [-0.05, 0) is 65.9 Å². The van der Waals surface area contributed by atoms with E-state index in [-0.39, 0.29) is 12.3 Å². The maximum Gasteiger partial charge on any atom is 0.233 e. The van der Waals surface area contributed by atoms with Gasteiger partial charge in [0.1, 0.15) is 42.2 Å². The Morgan fingerprint density at radius 2 is 1.38 bits per heavy atom. The van der Waals surface area contributed by atoms with E-state index in [4.69, 9.17) is 4.74 Å². The van der Waals surface area contributed by atoms with Crippen LogP contribution in [0, 0.1) is 17.6 Å². The predicted octanol–water partition coefficient (Wildman–Crippen LogP) is 2.70. The smallest absolute Gasteiger partial charge is 0.233 e. The van der Waals surface area contributed by atoms with Crippen molar-refractivity contribution in [1.82, 2.24) is 0 Å². The molecule has 1 amide bonds. The van der Waals surface area contributed by atoms with E-state index in [0.29, 0.717) is 23.2 Å². The normalized spacial score (nSPS) is 29.2. The number of carbonyl (C=O) groups is 1. The van der Waals surface area contributed by atoms with Crippen LogP contribution in [-0.4, -0.2) is 62.5 Å². The van der Waals surface area contributed by atoms with Crippen molar-refractivity contribution in [2.75, 3.05) is 11.5 Å². The highest BCUT2D eigenvalue weighted by Crippen LogP contribution is 2.46. The zero-order valence-corrected chi connectivity index (χ0v) is 21.4. The van der Waals surface area contributed by atoms with Crippen LogP contribution in [-0.2, 0) is 9.53 Å². The number of amides is 1. The Labute approximate surface area is 229 Å². The summed E-state index contributed by atoms with van der Waals surface area (Å²) in [6, 6.07) is 17.6. The summed E-state index contributed by atoms with van der Waals surface area (Å²) in [5.74, 6) is -1.51. The highest BCUT2D eigenvalue weighted by Gasteiger charge is 2.49. The van der Waals surface area contributed by atoms with Crippen LogP contribution in [0.4, 0.5) is 14.5 Å². The first kappa shape index (κ1) is 28.3. The van der Waals surface area contributed by atoms with E-state index in [9.17, 15) is 39.1 Å². The van der Waals surface area contributed by atoms with Gasteiger partial charge in [-0.25, -0.2) is 8.78 Å². The van der Waals surface area contributed by atoms with Crippen LogP contribution in [0.2, 0.25) is 0 Å². The van der Waals surface area contributed by atoms with E-state index < -0.39 is 66.8 Å². The first-order valence-electron chi connectivity index (χ1n) is 13.1. The Morgan fingerprint density at radius 3 is 1.98 bits per heavy atom. The number of nitrogens with zero attached hydrogens (tertiary/aromatic N) is 1. The fourth-order valence-electron chi connectivity index (χ4n) is 5.55. The number of aliphatic hydroxyl groups excluding tert-OH is 5. The van der Waals surface area contributed by atoms with Gasteiger partial charge < -0.3 is 35.2 Å². The van der Waals surface area contributed by atoms with Crippen LogP contribution < -0.4 is 4.90 Å². The molecule has 8 nitrogen and oxygen atoms in total. The third-order valence-electron chi connectivity index (χ3n) is 7.82. The molecule has 10 heteroatoms. The van der Waals surface area contributed by atoms with E-state index in [2.05, 4.69) is 0 Å². The number of benzene rings is 3. The van der Waals surface area contributed by atoms with Gasteiger partial charge in [0.15, 0.2) is 0 Å². The first-order valence-corrected chi connectivity index (χ1v) is 13.1. The molecule has 0 spiro atoms. The number of hydrogen-bond donors (Lipinski definition) is 5. The molecule has 212 valence electrons. The number of ether oxygens (including phenoxy) is 1. The minimum Gasteiger partial charge on any atom is -0.394 e. The third kappa shape index (κ3) is 5.38. The van der Waals surface area contributed by atoms with Gasteiger partial charge in [0.05, 0.1) is 24.7 Å². The minimum absolute atomic E-state index is 0.180. The first-order chi connectivity index (χ1) is 19.2. The molecule has 40 heavy (non-hydrogen) atoms. The molecule has 0 radical (unpaired) electrons. The van der Waals surface area contributed by atoms with Crippen molar-refractivity contribution in [2.24, 2.45) is 5.92 Å². The van der Waals surface area contributed by atoms with Gasteiger partial charge >= 0.3 is 0 Å². The van der Waals surface area contributed by atoms with Crippen molar-refractivity contribution in [2.45, 2.75) is 55.5 Å². The van der Waals surface area contributed by atoms with E-state index in [1.807, 2.05) is 0 Å². The van der Waals surface area contributed by atoms with Crippen molar-refractivity contribution < 1.29 is 43.8 Å². The lowest BCUT2D eigenvalue weighted by Gasteiger charge is -2.48. The second-order valence-corrected chi connectivity index (χ2v) is 10.3. The highest BCUT2D eigenvalue weighted by atomic mass is 19.1. The molecule has 5 rings (SSSR count). The molecule has 2 heterocycles. The largest absolute Gasteiger partial charge is 0.394 e. The van der Waals surface area contributed by atoms with Crippen molar-refractivity contribution in [3.8, 4) is 0 Å². The van der Waals surface area contributed by atoms with Crippen LogP contribution in [0.3, 0.4) is 0 Å². The fraction of sp³-hybridized carbons (Fsp3) is 0.367. The van der Waals surface area contributed by atoms with Crippen LogP contribution in [0.15, 0.2) is 72.8 Å². The SMILES string of the molecule is O=C1C(CCC(O)c2ccc(F)cc2)C(c2ccc(C3OC(CO)C(O)C(O)C3O)cc2)N1c1ccc(F)cc1.